The molecule has 5 heteroatoms. The van der Waals surface area contributed by atoms with Gasteiger partial charge in [0.25, 0.3) is 0 Å². The Hall–Kier alpha value is -2.27. The van der Waals surface area contributed by atoms with Crippen LogP contribution in [0.2, 0.25) is 0 Å². The molecule has 0 bridgehead atoms. The largest absolute Gasteiger partial charge is 0.392 e. The number of pyridine rings is 1. The van der Waals surface area contributed by atoms with Crippen molar-refractivity contribution in [2.45, 2.75) is 6.54 Å². The average molecular weight is 268 g/mol. The zero-order valence-corrected chi connectivity index (χ0v) is 11.0. The summed E-state index contributed by atoms with van der Waals surface area (Å²) in [6, 6.07) is 11.8. The van der Waals surface area contributed by atoms with Gasteiger partial charge in [0.05, 0.1) is 22.6 Å². The number of rotatable bonds is 3. The van der Waals surface area contributed by atoms with E-state index in [9.17, 15) is 0 Å². The molecule has 0 aliphatic carbocycles. The highest BCUT2D eigenvalue weighted by atomic mass is 32.1. The Kier molecular flexibility index (Phi) is 2.97. The lowest BCUT2D eigenvalue weighted by molar-refractivity contribution is 0.894. The van der Waals surface area contributed by atoms with Crippen molar-refractivity contribution in [1.82, 2.24) is 14.5 Å². The Labute approximate surface area is 115 Å². The summed E-state index contributed by atoms with van der Waals surface area (Å²) >= 11 is 5.03. The molecule has 0 saturated carbocycles. The molecule has 0 atom stereocenters. The minimum Gasteiger partial charge on any atom is -0.392 e. The van der Waals surface area contributed by atoms with Gasteiger partial charge in [-0.2, -0.15) is 0 Å². The van der Waals surface area contributed by atoms with Gasteiger partial charge < -0.3 is 10.3 Å². The van der Waals surface area contributed by atoms with Gasteiger partial charge in [0, 0.05) is 18.0 Å². The van der Waals surface area contributed by atoms with Crippen molar-refractivity contribution in [3.63, 3.8) is 0 Å². The normalized spacial score (nSPS) is 10.7. The van der Waals surface area contributed by atoms with Crippen molar-refractivity contribution in [1.29, 1.82) is 0 Å². The Bertz CT molecular complexity index is 734. The second-order valence-electron chi connectivity index (χ2n) is 4.22. The summed E-state index contributed by atoms with van der Waals surface area (Å²) in [5.41, 5.74) is 8.59. The molecule has 4 nitrogen and oxygen atoms in total. The lowest BCUT2D eigenvalue weighted by Gasteiger charge is -2.07. The van der Waals surface area contributed by atoms with Crippen LogP contribution in [0.3, 0.4) is 0 Å². The second-order valence-corrected chi connectivity index (χ2v) is 4.74. The monoisotopic (exact) mass is 268 g/mol. The van der Waals surface area contributed by atoms with Crippen LogP contribution in [0.4, 0.5) is 0 Å². The molecule has 0 unspecified atom stereocenters. The minimum atomic E-state index is 0.438. The van der Waals surface area contributed by atoms with Crippen molar-refractivity contribution in [3.05, 3.63) is 48.8 Å². The SMILES string of the molecule is NC(=S)Cn1c(-c2cccnc2)nc2ccccc21. The Balaban J connectivity index is 2.26. The first-order valence-corrected chi connectivity index (χ1v) is 6.30. The first-order valence-electron chi connectivity index (χ1n) is 5.89. The molecule has 19 heavy (non-hydrogen) atoms. The van der Waals surface area contributed by atoms with Crippen LogP contribution >= 0.6 is 12.2 Å². The highest BCUT2D eigenvalue weighted by molar-refractivity contribution is 7.80. The predicted molar refractivity (Wildman–Crippen MR) is 79.7 cm³/mol. The van der Waals surface area contributed by atoms with Crippen LogP contribution in [0.25, 0.3) is 22.4 Å². The summed E-state index contributed by atoms with van der Waals surface area (Å²) in [6.45, 7) is 0.472. The summed E-state index contributed by atoms with van der Waals surface area (Å²) < 4.78 is 2.02. The second kappa shape index (κ2) is 4.78. The quantitative estimate of drug-likeness (QED) is 0.741. The van der Waals surface area contributed by atoms with E-state index in [1.54, 1.807) is 12.4 Å². The Morgan fingerprint density at radius 2 is 2.05 bits per heavy atom. The number of benzene rings is 1. The maximum Gasteiger partial charge on any atom is 0.143 e. The van der Waals surface area contributed by atoms with E-state index < -0.39 is 0 Å². The smallest absolute Gasteiger partial charge is 0.143 e. The molecular formula is C14H12N4S. The molecule has 0 aliphatic rings. The van der Waals surface area contributed by atoms with E-state index in [1.807, 2.05) is 41.0 Å². The maximum absolute atomic E-state index is 5.69. The first-order chi connectivity index (χ1) is 9.25. The van der Waals surface area contributed by atoms with Crippen LogP contribution in [0.1, 0.15) is 0 Å². The van der Waals surface area contributed by atoms with E-state index in [2.05, 4.69) is 9.97 Å². The van der Waals surface area contributed by atoms with Crippen molar-refractivity contribution in [2.75, 3.05) is 0 Å². The fourth-order valence-electron chi connectivity index (χ4n) is 2.11. The van der Waals surface area contributed by atoms with Gasteiger partial charge >= 0.3 is 0 Å². The number of nitrogens with two attached hydrogens (primary N) is 1. The number of fused-ring (bicyclic) bond motifs is 1. The standard InChI is InChI=1S/C14H12N4S/c15-13(19)9-18-12-6-2-1-5-11(12)17-14(18)10-4-3-7-16-8-10/h1-8H,9H2,(H2,15,19). The molecule has 0 amide bonds. The van der Waals surface area contributed by atoms with E-state index >= 15 is 0 Å². The number of imidazole rings is 1. The molecular weight excluding hydrogens is 256 g/mol. The molecule has 0 radical (unpaired) electrons. The molecule has 2 N–H and O–H groups in total. The van der Waals surface area contributed by atoms with Crippen LogP contribution in [-0.4, -0.2) is 19.5 Å². The Morgan fingerprint density at radius 1 is 1.21 bits per heavy atom. The molecule has 94 valence electrons. The average Bonchev–Trinajstić information content (AvgIpc) is 2.78. The van der Waals surface area contributed by atoms with E-state index in [1.165, 1.54) is 0 Å². The number of thiocarbonyl (C=S) groups is 1. The Morgan fingerprint density at radius 3 is 2.79 bits per heavy atom. The molecule has 2 aromatic heterocycles. The van der Waals surface area contributed by atoms with Crippen LogP contribution in [0, 0.1) is 0 Å². The molecule has 3 aromatic rings. The fraction of sp³-hybridized carbons (Fsp3) is 0.0714. The molecule has 0 aliphatic heterocycles. The fourth-order valence-corrected chi connectivity index (χ4v) is 2.24. The molecule has 0 fully saturated rings. The third-order valence-corrected chi connectivity index (χ3v) is 3.02. The lowest BCUT2D eigenvalue weighted by Crippen LogP contribution is -2.17. The van der Waals surface area contributed by atoms with Crippen LogP contribution in [-0.2, 0) is 6.54 Å². The van der Waals surface area contributed by atoms with Gasteiger partial charge in [0.2, 0.25) is 0 Å². The number of para-hydroxylation sites is 2. The maximum atomic E-state index is 5.69. The van der Waals surface area contributed by atoms with Gasteiger partial charge in [-0.15, -0.1) is 0 Å². The van der Waals surface area contributed by atoms with Crippen LogP contribution in [0.5, 0.6) is 0 Å². The predicted octanol–water partition coefficient (Wildman–Crippen LogP) is 2.38. The van der Waals surface area contributed by atoms with Crippen LogP contribution in [0.15, 0.2) is 48.8 Å². The minimum absolute atomic E-state index is 0.438. The number of nitrogens with zero attached hydrogens (tertiary/aromatic N) is 3. The first kappa shape index (κ1) is 11.8. The van der Waals surface area contributed by atoms with Gasteiger partial charge in [0.15, 0.2) is 0 Å². The number of hydrogen-bond donors (Lipinski definition) is 1. The topological polar surface area (TPSA) is 56.7 Å². The zero-order chi connectivity index (χ0) is 13.2. The van der Waals surface area contributed by atoms with E-state index in [4.69, 9.17) is 18.0 Å². The summed E-state index contributed by atoms with van der Waals surface area (Å²) in [4.78, 5) is 9.22. The van der Waals surface area contributed by atoms with E-state index in [-0.39, 0.29) is 0 Å². The van der Waals surface area contributed by atoms with Crippen molar-refractivity contribution in [3.8, 4) is 11.4 Å². The highest BCUT2D eigenvalue weighted by Crippen LogP contribution is 2.23. The molecule has 1 aromatic carbocycles. The van der Waals surface area contributed by atoms with Crippen molar-refractivity contribution < 1.29 is 0 Å². The lowest BCUT2D eigenvalue weighted by atomic mass is 10.2. The third-order valence-electron chi connectivity index (χ3n) is 2.89. The van der Waals surface area contributed by atoms with Crippen molar-refractivity contribution in [2.24, 2.45) is 5.73 Å². The molecule has 0 saturated heterocycles. The van der Waals surface area contributed by atoms with Gasteiger partial charge in [-0.25, -0.2) is 4.98 Å². The zero-order valence-electron chi connectivity index (χ0n) is 10.2. The number of aromatic nitrogens is 3. The van der Waals surface area contributed by atoms with Crippen LogP contribution < -0.4 is 5.73 Å². The van der Waals surface area contributed by atoms with Crippen molar-refractivity contribution >= 4 is 28.2 Å². The molecule has 3 rings (SSSR count). The van der Waals surface area contributed by atoms with E-state index in [0.29, 0.717) is 11.5 Å². The summed E-state index contributed by atoms with van der Waals surface area (Å²) in [6.07, 6.45) is 3.53. The van der Waals surface area contributed by atoms with Gasteiger partial charge in [-0.1, -0.05) is 24.4 Å². The van der Waals surface area contributed by atoms with Gasteiger partial charge in [0.1, 0.15) is 5.82 Å². The van der Waals surface area contributed by atoms with Gasteiger partial charge in [-0.3, -0.25) is 4.98 Å². The third kappa shape index (κ3) is 2.20. The van der Waals surface area contributed by atoms with E-state index in [0.717, 1.165) is 22.4 Å². The summed E-state index contributed by atoms with van der Waals surface area (Å²) in [5.74, 6) is 0.835. The molecule has 0 spiro atoms. The van der Waals surface area contributed by atoms with Gasteiger partial charge in [-0.05, 0) is 24.3 Å². The summed E-state index contributed by atoms with van der Waals surface area (Å²) in [5, 5.41) is 0. The summed E-state index contributed by atoms with van der Waals surface area (Å²) in [7, 11) is 0. The number of hydrogen-bond acceptors (Lipinski definition) is 3. The molecule has 2 heterocycles. The highest BCUT2D eigenvalue weighted by Gasteiger charge is 2.12.